The van der Waals surface area contributed by atoms with Crippen LogP contribution in [0.5, 0.6) is 0 Å². The first-order valence-corrected chi connectivity index (χ1v) is 7.78. The second kappa shape index (κ2) is 6.58. The van der Waals surface area contributed by atoms with Crippen molar-refractivity contribution in [1.82, 2.24) is 9.55 Å². The largest absolute Gasteiger partial charge is 0.334 e. The first-order chi connectivity index (χ1) is 8.29. The lowest BCUT2D eigenvalue weighted by Crippen LogP contribution is -2.02. The summed E-state index contributed by atoms with van der Waals surface area (Å²) in [4.78, 5) is 4.66. The minimum absolute atomic E-state index is 1.08. The molecule has 1 aromatic rings. The third kappa shape index (κ3) is 3.57. The third-order valence-corrected chi connectivity index (χ3v) is 4.46. The molecule has 0 aliphatic carbocycles. The molecule has 0 amide bonds. The molecule has 0 N–H and O–H groups in total. The van der Waals surface area contributed by atoms with E-state index in [0.717, 1.165) is 11.0 Å². The molecule has 1 aliphatic heterocycles. The summed E-state index contributed by atoms with van der Waals surface area (Å²) >= 11 is 3.61. The Bertz CT molecular complexity index is 357. The summed E-state index contributed by atoms with van der Waals surface area (Å²) in [6.07, 6.45) is 13.3. The maximum Gasteiger partial charge on any atom is 0.127 e. The van der Waals surface area contributed by atoms with E-state index in [-0.39, 0.29) is 0 Å². The van der Waals surface area contributed by atoms with Crippen LogP contribution in [0.1, 0.15) is 62.9 Å². The molecule has 2 nitrogen and oxygen atoms in total. The van der Waals surface area contributed by atoms with Gasteiger partial charge in [-0.15, -0.1) is 0 Å². The Morgan fingerprint density at radius 1 is 0.882 bits per heavy atom. The van der Waals surface area contributed by atoms with E-state index < -0.39 is 0 Å². The Balaban J connectivity index is 2.07. The molecule has 0 fully saturated rings. The summed E-state index contributed by atoms with van der Waals surface area (Å²) in [7, 11) is 2.17. The van der Waals surface area contributed by atoms with Crippen LogP contribution < -0.4 is 0 Å². The summed E-state index contributed by atoms with van der Waals surface area (Å²) in [5, 5.41) is 0. The lowest BCUT2D eigenvalue weighted by molar-refractivity contribution is 0.567. The van der Waals surface area contributed by atoms with Crippen LogP contribution >= 0.6 is 15.9 Å². The SMILES string of the molecule is Cn1c2nc(Br)c1CCCCCCCCCC2. The van der Waals surface area contributed by atoms with E-state index in [9.17, 15) is 0 Å². The monoisotopic (exact) mass is 298 g/mol. The number of rotatable bonds is 0. The number of nitrogens with zero attached hydrogens (tertiary/aromatic N) is 2. The zero-order valence-corrected chi connectivity index (χ0v) is 12.4. The van der Waals surface area contributed by atoms with Crippen LogP contribution in [-0.2, 0) is 19.9 Å². The highest BCUT2D eigenvalue weighted by atomic mass is 79.9. The molecule has 0 spiro atoms. The van der Waals surface area contributed by atoms with Gasteiger partial charge in [-0.05, 0) is 35.2 Å². The molecule has 2 rings (SSSR count). The average Bonchev–Trinajstić information content (AvgIpc) is 2.59. The average molecular weight is 299 g/mol. The van der Waals surface area contributed by atoms with Crippen molar-refractivity contribution >= 4 is 15.9 Å². The molecular formula is C14H23BrN2. The van der Waals surface area contributed by atoms with Gasteiger partial charge in [-0.3, -0.25) is 0 Å². The predicted molar refractivity (Wildman–Crippen MR) is 75.3 cm³/mol. The summed E-state index contributed by atoms with van der Waals surface area (Å²) in [6, 6.07) is 0. The van der Waals surface area contributed by atoms with Crippen molar-refractivity contribution in [1.29, 1.82) is 0 Å². The van der Waals surface area contributed by atoms with E-state index in [4.69, 9.17) is 0 Å². The van der Waals surface area contributed by atoms with Crippen molar-refractivity contribution in [3.63, 3.8) is 0 Å². The standard InChI is InChI=1S/C14H23BrN2/c1-17-12-10-8-6-4-2-3-5-7-9-11-13(17)16-14(12)15/h2-11H2,1H3. The Kier molecular flexibility index (Phi) is 5.08. The molecule has 2 bridgehead atoms. The Morgan fingerprint density at radius 3 is 2.06 bits per heavy atom. The van der Waals surface area contributed by atoms with Crippen LogP contribution in [0, 0.1) is 0 Å². The Morgan fingerprint density at radius 2 is 1.41 bits per heavy atom. The number of fused-ring (bicyclic) bond motifs is 2. The van der Waals surface area contributed by atoms with Crippen molar-refractivity contribution in [3.05, 3.63) is 16.1 Å². The fourth-order valence-corrected chi connectivity index (χ4v) is 3.35. The van der Waals surface area contributed by atoms with Gasteiger partial charge >= 0.3 is 0 Å². The van der Waals surface area contributed by atoms with E-state index in [0.29, 0.717) is 0 Å². The number of halogens is 1. The minimum Gasteiger partial charge on any atom is -0.334 e. The van der Waals surface area contributed by atoms with Crippen molar-refractivity contribution < 1.29 is 0 Å². The third-order valence-electron chi connectivity index (χ3n) is 3.82. The fourth-order valence-electron chi connectivity index (χ4n) is 2.68. The van der Waals surface area contributed by atoms with Crippen LogP contribution in [-0.4, -0.2) is 9.55 Å². The summed E-state index contributed by atoms with van der Waals surface area (Å²) < 4.78 is 3.38. The Labute approximate surface area is 113 Å². The van der Waals surface area contributed by atoms with E-state index in [2.05, 4.69) is 32.5 Å². The number of aromatic nitrogens is 2. The smallest absolute Gasteiger partial charge is 0.127 e. The van der Waals surface area contributed by atoms with Gasteiger partial charge in [0.1, 0.15) is 10.4 Å². The number of hydrogen-bond donors (Lipinski definition) is 0. The van der Waals surface area contributed by atoms with E-state index >= 15 is 0 Å². The van der Waals surface area contributed by atoms with Gasteiger partial charge in [0.15, 0.2) is 0 Å². The minimum atomic E-state index is 1.08. The molecule has 96 valence electrons. The van der Waals surface area contributed by atoms with Crippen molar-refractivity contribution in [3.8, 4) is 0 Å². The molecule has 0 radical (unpaired) electrons. The molecule has 0 saturated heterocycles. The Hall–Kier alpha value is -0.310. The zero-order valence-electron chi connectivity index (χ0n) is 10.8. The molecule has 0 atom stereocenters. The highest BCUT2D eigenvalue weighted by Crippen LogP contribution is 2.22. The van der Waals surface area contributed by atoms with Gasteiger partial charge in [-0.1, -0.05) is 38.5 Å². The number of aryl methyl sites for hydroxylation is 1. The second-order valence-corrected chi connectivity index (χ2v) is 5.90. The van der Waals surface area contributed by atoms with Gasteiger partial charge in [-0.2, -0.15) is 0 Å². The summed E-state index contributed by atoms with van der Waals surface area (Å²) in [5.74, 6) is 1.26. The van der Waals surface area contributed by atoms with Crippen molar-refractivity contribution in [2.45, 2.75) is 64.2 Å². The van der Waals surface area contributed by atoms with Gasteiger partial charge in [0.25, 0.3) is 0 Å². The predicted octanol–water partition coefficient (Wildman–Crippen LogP) is 4.40. The first kappa shape index (κ1) is 13.1. The van der Waals surface area contributed by atoms with Gasteiger partial charge < -0.3 is 4.57 Å². The summed E-state index contributed by atoms with van der Waals surface area (Å²) in [6.45, 7) is 0. The number of hydrogen-bond acceptors (Lipinski definition) is 1. The fraction of sp³-hybridized carbons (Fsp3) is 0.786. The molecule has 2 heterocycles. The van der Waals surface area contributed by atoms with Crippen LogP contribution in [0.3, 0.4) is 0 Å². The van der Waals surface area contributed by atoms with Crippen LogP contribution in [0.4, 0.5) is 0 Å². The molecule has 1 aliphatic rings. The zero-order chi connectivity index (χ0) is 12.1. The van der Waals surface area contributed by atoms with Crippen LogP contribution in [0.15, 0.2) is 4.60 Å². The second-order valence-electron chi connectivity index (χ2n) is 5.15. The molecule has 1 aromatic heterocycles. The lowest BCUT2D eigenvalue weighted by Gasteiger charge is -2.05. The van der Waals surface area contributed by atoms with E-state index in [1.165, 1.54) is 69.3 Å². The topological polar surface area (TPSA) is 17.8 Å². The van der Waals surface area contributed by atoms with Gasteiger partial charge in [0.05, 0.1) is 5.69 Å². The van der Waals surface area contributed by atoms with Crippen molar-refractivity contribution in [2.75, 3.05) is 0 Å². The quantitative estimate of drug-likeness (QED) is 0.694. The van der Waals surface area contributed by atoms with Gasteiger partial charge in [0, 0.05) is 13.5 Å². The van der Waals surface area contributed by atoms with Crippen molar-refractivity contribution in [2.24, 2.45) is 7.05 Å². The highest BCUT2D eigenvalue weighted by Gasteiger charge is 2.12. The van der Waals surface area contributed by atoms with Gasteiger partial charge in [-0.25, -0.2) is 4.98 Å². The van der Waals surface area contributed by atoms with Crippen LogP contribution in [0.25, 0.3) is 0 Å². The van der Waals surface area contributed by atoms with E-state index in [1.807, 2.05) is 0 Å². The summed E-state index contributed by atoms with van der Waals surface area (Å²) in [5.41, 5.74) is 1.39. The maximum atomic E-state index is 4.66. The molecule has 0 unspecified atom stereocenters. The lowest BCUT2D eigenvalue weighted by atomic mass is 10.1. The molecule has 0 aromatic carbocycles. The van der Waals surface area contributed by atoms with E-state index in [1.54, 1.807) is 0 Å². The molecule has 17 heavy (non-hydrogen) atoms. The normalized spacial score (nSPS) is 19.2. The number of imidazole rings is 1. The molecule has 0 saturated carbocycles. The first-order valence-electron chi connectivity index (χ1n) is 6.99. The molecule has 3 heteroatoms. The maximum absolute atomic E-state index is 4.66. The highest BCUT2D eigenvalue weighted by molar-refractivity contribution is 9.10. The van der Waals surface area contributed by atoms with Gasteiger partial charge in [0.2, 0.25) is 0 Å². The van der Waals surface area contributed by atoms with Crippen LogP contribution in [0.2, 0.25) is 0 Å². The molecular weight excluding hydrogens is 276 g/mol.